The van der Waals surface area contributed by atoms with Crippen LogP contribution in [0.5, 0.6) is 0 Å². The number of amides is 1. The summed E-state index contributed by atoms with van der Waals surface area (Å²) >= 11 is 0. The molecule has 0 bridgehead atoms. The molecule has 1 aliphatic rings. The molecule has 1 atom stereocenters. The highest BCUT2D eigenvalue weighted by molar-refractivity contribution is 5.68. The Morgan fingerprint density at radius 2 is 1.53 bits per heavy atom. The van der Waals surface area contributed by atoms with Gasteiger partial charge in [0.15, 0.2) is 5.82 Å². The maximum absolute atomic E-state index is 12.4. The maximum atomic E-state index is 12.4. The van der Waals surface area contributed by atoms with Gasteiger partial charge in [-0.05, 0) is 58.4 Å². The smallest absolute Gasteiger partial charge is 0.410 e. The summed E-state index contributed by atoms with van der Waals surface area (Å²) in [5, 5.41) is 4.20. The SMILES string of the molecule is Cc1ccc(C)n1-c1ncc(-c2ccc([C@H](C)c3noc(-c4cnc(N5CCN(C(=O)OC(C)(C)C)CC5)cn4)n3)cn2)cn1. The molecule has 6 rings (SSSR count). The summed E-state index contributed by atoms with van der Waals surface area (Å²) < 4.78 is 13.0. The molecule has 1 aliphatic heterocycles. The number of piperazine rings is 1. The lowest BCUT2D eigenvalue weighted by atomic mass is 10.0. The van der Waals surface area contributed by atoms with E-state index in [2.05, 4.69) is 40.0 Å². The number of pyridine rings is 1. The Kier molecular flexibility index (Phi) is 8.00. The number of rotatable bonds is 6. The highest BCUT2D eigenvalue weighted by Crippen LogP contribution is 2.26. The number of hydrogen-bond donors (Lipinski definition) is 0. The van der Waals surface area contributed by atoms with Crippen LogP contribution in [0, 0.1) is 13.8 Å². The molecule has 0 aliphatic carbocycles. The van der Waals surface area contributed by atoms with Crippen molar-refractivity contribution < 1.29 is 14.1 Å². The highest BCUT2D eigenvalue weighted by Gasteiger charge is 2.27. The van der Waals surface area contributed by atoms with Crippen molar-refractivity contribution in [2.24, 2.45) is 0 Å². The molecule has 1 saturated heterocycles. The van der Waals surface area contributed by atoms with Crippen LogP contribution in [0.15, 0.2) is 59.8 Å². The molecule has 13 heteroatoms. The van der Waals surface area contributed by atoms with Crippen LogP contribution >= 0.6 is 0 Å². The molecule has 1 fully saturated rings. The van der Waals surface area contributed by atoms with E-state index >= 15 is 0 Å². The Hall–Kier alpha value is -5.20. The van der Waals surface area contributed by atoms with Gasteiger partial charge in [0, 0.05) is 67.6 Å². The van der Waals surface area contributed by atoms with Crippen LogP contribution in [0.3, 0.4) is 0 Å². The first-order valence-corrected chi connectivity index (χ1v) is 14.9. The van der Waals surface area contributed by atoms with Gasteiger partial charge in [-0.15, -0.1) is 0 Å². The summed E-state index contributed by atoms with van der Waals surface area (Å²) in [5.74, 6) is 2.01. The van der Waals surface area contributed by atoms with Gasteiger partial charge in [-0.25, -0.2) is 24.7 Å². The number of aromatic nitrogens is 8. The number of aryl methyl sites for hydroxylation is 2. The normalized spacial score (nSPS) is 14.4. The largest absolute Gasteiger partial charge is 0.444 e. The van der Waals surface area contributed by atoms with Crippen LogP contribution < -0.4 is 4.90 Å². The van der Waals surface area contributed by atoms with Gasteiger partial charge in [0.05, 0.1) is 18.1 Å². The molecule has 13 nitrogen and oxygen atoms in total. The molecule has 45 heavy (non-hydrogen) atoms. The van der Waals surface area contributed by atoms with E-state index in [0.29, 0.717) is 49.5 Å². The van der Waals surface area contributed by atoms with Crippen molar-refractivity contribution in [2.45, 2.75) is 53.1 Å². The van der Waals surface area contributed by atoms with Crippen molar-refractivity contribution in [1.82, 2.24) is 44.5 Å². The van der Waals surface area contributed by atoms with Crippen LogP contribution in [0.2, 0.25) is 0 Å². The molecule has 0 aromatic carbocycles. The van der Waals surface area contributed by atoms with Gasteiger partial charge in [0.1, 0.15) is 17.1 Å². The number of carbonyl (C=O) groups is 1. The lowest BCUT2D eigenvalue weighted by Gasteiger charge is -2.36. The Morgan fingerprint density at radius 1 is 0.844 bits per heavy atom. The molecule has 5 aromatic rings. The molecule has 0 saturated carbocycles. The predicted octanol–water partition coefficient (Wildman–Crippen LogP) is 5.00. The quantitative estimate of drug-likeness (QED) is 0.257. The molecule has 0 spiro atoms. The van der Waals surface area contributed by atoms with E-state index in [1.807, 2.05) is 70.4 Å². The Labute approximate surface area is 261 Å². The Morgan fingerprint density at radius 3 is 2.13 bits per heavy atom. The van der Waals surface area contributed by atoms with Gasteiger partial charge >= 0.3 is 6.09 Å². The van der Waals surface area contributed by atoms with Crippen molar-refractivity contribution in [3.63, 3.8) is 0 Å². The predicted molar refractivity (Wildman–Crippen MR) is 167 cm³/mol. The number of hydrogen-bond acceptors (Lipinski definition) is 11. The second-order valence-corrected chi connectivity index (χ2v) is 12.1. The first-order chi connectivity index (χ1) is 21.6. The molecule has 0 unspecified atom stereocenters. The zero-order valence-corrected chi connectivity index (χ0v) is 26.3. The average molecular weight is 609 g/mol. The minimum Gasteiger partial charge on any atom is -0.444 e. The van der Waals surface area contributed by atoms with Crippen LogP contribution in [0.4, 0.5) is 10.6 Å². The zero-order valence-electron chi connectivity index (χ0n) is 26.3. The number of ether oxygens (including phenoxy) is 1. The number of anilines is 1. The minimum absolute atomic E-state index is 0.157. The summed E-state index contributed by atoms with van der Waals surface area (Å²) in [6, 6.07) is 8.03. The van der Waals surface area contributed by atoms with E-state index in [1.54, 1.807) is 35.9 Å². The van der Waals surface area contributed by atoms with E-state index in [-0.39, 0.29) is 12.0 Å². The summed E-state index contributed by atoms with van der Waals surface area (Å²) in [7, 11) is 0. The van der Waals surface area contributed by atoms with Crippen LogP contribution in [0.1, 0.15) is 56.4 Å². The fourth-order valence-corrected chi connectivity index (χ4v) is 5.09. The monoisotopic (exact) mass is 608 g/mol. The van der Waals surface area contributed by atoms with Gasteiger partial charge in [-0.2, -0.15) is 4.98 Å². The third-order valence-corrected chi connectivity index (χ3v) is 7.63. The zero-order chi connectivity index (χ0) is 31.7. The Bertz CT molecular complexity index is 1750. The van der Waals surface area contributed by atoms with Gasteiger partial charge in [0.25, 0.3) is 5.89 Å². The second-order valence-electron chi connectivity index (χ2n) is 12.1. The van der Waals surface area contributed by atoms with Crippen molar-refractivity contribution in [2.75, 3.05) is 31.1 Å². The fourth-order valence-electron chi connectivity index (χ4n) is 5.09. The second kappa shape index (κ2) is 12.1. The third-order valence-electron chi connectivity index (χ3n) is 7.63. The lowest BCUT2D eigenvalue weighted by molar-refractivity contribution is 0.0240. The van der Waals surface area contributed by atoms with Crippen molar-refractivity contribution in [3.05, 3.63) is 78.0 Å². The van der Waals surface area contributed by atoms with Gasteiger partial charge < -0.3 is 19.1 Å². The molecule has 6 heterocycles. The van der Waals surface area contributed by atoms with Crippen LogP contribution in [0.25, 0.3) is 28.8 Å². The lowest BCUT2D eigenvalue weighted by Crippen LogP contribution is -2.50. The van der Waals surface area contributed by atoms with Crippen molar-refractivity contribution in [3.8, 4) is 28.8 Å². The van der Waals surface area contributed by atoms with Crippen LogP contribution in [-0.4, -0.2) is 82.4 Å². The number of carbonyl (C=O) groups excluding carboxylic acids is 1. The van der Waals surface area contributed by atoms with E-state index < -0.39 is 5.60 Å². The molecule has 232 valence electrons. The first kappa shape index (κ1) is 29.9. The van der Waals surface area contributed by atoms with Crippen molar-refractivity contribution in [1.29, 1.82) is 0 Å². The molecule has 5 aromatic heterocycles. The van der Waals surface area contributed by atoms with E-state index in [4.69, 9.17) is 9.26 Å². The number of nitrogens with zero attached hydrogens (tertiary/aromatic N) is 10. The fraction of sp³-hybridized carbons (Fsp3) is 0.375. The standard InChI is InChI=1S/C32H36N10O3/c1-20-7-8-21(2)42(20)30-36-16-24(17-37-30)25-10-9-23(15-33-25)22(3)28-38-29(45-39-28)26-18-35-27(19-34-26)40-11-13-41(14-12-40)31(43)44-32(4,5)6/h7-10,15-19,22H,11-14H2,1-6H3/t22-/m0/s1. The highest BCUT2D eigenvalue weighted by atomic mass is 16.6. The topological polar surface area (TPSA) is 141 Å². The molecular formula is C32H36N10O3. The summed E-state index contributed by atoms with van der Waals surface area (Å²) in [6.45, 7) is 14.0. The van der Waals surface area contributed by atoms with Crippen molar-refractivity contribution >= 4 is 11.9 Å². The summed E-state index contributed by atoms with van der Waals surface area (Å²) in [4.78, 5) is 43.6. The van der Waals surface area contributed by atoms with E-state index in [1.165, 1.54) is 0 Å². The first-order valence-electron chi connectivity index (χ1n) is 14.9. The van der Waals surface area contributed by atoms with Crippen LogP contribution in [-0.2, 0) is 4.74 Å². The summed E-state index contributed by atoms with van der Waals surface area (Å²) in [5.41, 5.74) is 4.67. The Balaban J connectivity index is 1.07. The minimum atomic E-state index is -0.519. The molecule has 1 amide bonds. The van der Waals surface area contributed by atoms with Gasteiger partial charge in [0.2, 0.25) is 5.95 Å². The average Bonchev–Trinajstić information content (AvgIpc) is 3.67. The maximum Gasteiger partial charge on any atom is 0.410 e. The van der Waals surface area contributed by atoms with Gasteiger partial charge in [-0.1, -0.05) is 18.1 Å². The molecular weight excluding hydrogens is 572 g/mol. The molecule has 0 radical (unpaired) electrons. The van der Waals surface area contributed by atoms with E-state index in [9.17, 15) is 4.79 Å². The molecule has 0 N–H and O–H groups in total. The summed E-state index contributed by atoms with van der Waals surface area (Å²) in [6.07, 6.45) is 8.39. The third kappa shape index (κ3) is 6.52. The van der Waals surface area contributed by atoms with Gasteiger partial charge in [-0.3, -0.25) is 9.55 Å². The van der Waals surface area contributed by atoms with E-state index in [0.717, 1.165) is 34.0 Å².